The Morgan fingerprint density at radius 1 is 1.53 bits per heavy atom. The molecule has 1 aromatic rings. The van der Waals surface area contributed by atoms with Crippen molar-refractivity contribution in [3.8, 4) is 0 Å². The quantitative estimate of drug-likeness (QED) is 0.633. The van der Waals surface area contributed by atoms with Gasteiger partial charge in [0.15, 0.2) is 5.82 Å². The van der Waals surface area contributed by atoms with E-state index < -0.39 is 20.7 Å². The molecule has 0 aliphatic rings. The number of nitrogens with two attached hydrogens (primary N) is 1. The van der Waals surface area contributed by atoms with Crippen LogP contribution in [-0.2, 0) is 10.0 Å². The first-order valence-corrected chi connectivity index (χ1v) is 7.93. The van der Waals surface area contributed by atoms with Crippen molar-refractivity contribution in [2.45, 2.75) is 18.2 Å². The summed E-state index contributed by atoms with van der Waals surface area (Å²) in [7, 11) is -3.92. The Morgan fingerprint density at radius 3 is 2.68 bits per heavy atom. The highest BCUT2D eigenvalue weighted by molar-refractivity contribution is 9.10. The molecule has 0 aliphatic carbocycles. The average Bonchev–Trinajstić information content (AvgIpc) is 2.33. The molecule has 0 atom stereocenters. The van der Waals surface area contributed by atoms with Crippen LogP contribution in [0.1, 0.15) is 13.3 Å². The highest BCUT2D eigenvalue weighted by Gasteiger charge is 2.27. The fourth-order valence-electron chi connectivity index (χ4n) is 1.61. The van der Waals surface area contributed by atoms with E-state index in [1.54, 1.807) is 0 Å². The van der Waals surface area contributed by atoms with Gasteiger partial charge in [0.25, 0.3) is 0 Å². The van der Waals surface area contributed by atoms with Gasteiger partial charge >= 0.3 is 0 Å². The second kappa shape index (κ2) is 6.49. The van der Waals surface area contributed by atoms with Crippen LogP contribution in [-0.4, -0.2) is 25.8 Å². The van der Waals surface area contributed by atoms with E-state index in [2.05, 4.69) is 22.5 Å². The van der Waals surface area contributed by atoms with Crippen LogP contribution in [0.3, 0.4) is 0 Å². The van der Waals surface area contributed by atoms with Crippen LogP contribution in [0.4, 0.5) is 10.1 Å². The highest BCUT2D eigenvalue weighted by atomic mass is 79.9. The molecule has 1 aromatic carbocycles. The molecule has 0 fully saturated rings. The summed E-state index contributed by atoms with van der Waals surface area (Å²) in [6.07, 6.45) is 2.09. The van der Waals surface area contributed by atoms with E-state index in [0.29, 0.717) is 13.0 Å². The Balaban J connectivity index is 3.36. The Kier molecular flexibility index (Phi) is 5.51. The topological polar surface area (TPSA) is 63.4 Å². The summed E-state index contributed by atoms with van der Waals surface area (Å²) in [5.74, 6) is -0.834. The summed E-state index contributed by atoms with van der Waals surface area (Å²) in [5.41, 5.74) is 5.76. The van der Waals surface area contributed by atoms with Crippen LogP contribution in [0.25, 0.3) is 0 Å². The fraction of sp³-hybridized carbons (Fsp3) is 0.333. The molecule has 0 bridgehead atoms. The van der Waals surface area contributed by atoms with E-state index in [4.69, 9.17) is 5.73 Å². The average molecular weight is 351 g/mol. The Labute approximate surface area is 121 Å². The first-order chi connectivity index (χ1) is 8.84. The van der Waals surface area contributed by atoms with Gasteiger partial charge in [-0.2, -0.15) is 4.31 Å². The van der Waals surface area contributed by atoms with Crippen molar-refractivity contribution in [3.05, 3.63) is 35.1 Å². The van der Waals surface area contributed by atoms with Crippen molar-refractivity contribution < 1.29 is 12.8 Å². The zero-order valence-corrected chi connectivity index (χ0v) is 13.0. The molecule has 106 valence electrons. The van der Waals surface area contributed by atoms with Crippen molar-refractivity contribution >= 4 is 31.6 Å². The van der Waals surface area contributed by atoms with Gasteiger partial charge in [0.1, 0.15) is 4.90 Å². The van der Waals surface area contributed by atoms with Gasteiger partial charge in [0.2, 0.25) is 10.0 Å². The SMILES string of the molecule is C=CCN(CCC)S(=O)(=O)c1cc(N)cc(Br)c1F. The van der Waals surface area contributed by atoms with E-state index in [1.165, 1.54) is 16.4 Å². The molecule has 0 saturated carbocycles. The largest absolute Gasteiger partial charge is 0.399 e. The van der Waals surface area contributed by atoms with Gasteiger partial charge in [-0.3, -0.25) is 0 Å². The molecule has 1 rings (SSSR count). The Hall–Kier alpha value is -0.920. The summed E-state index contributed by atoms with van der Waals surface area (Å²) in [6.45, 7) is 5.78. The van der Waals surface area contributed by atoms with Crippen LogP contribution in [0, 0.1) is 5.82 Å². The number of benzene rings is 1. The second-order valence-electron chi connectivity index (χ2n) is 3.97. The molecule has 0 unspecified atom stereocenters. The fourth-order valence-corrected chi connectivity index (χ4v) is 3.85. The summed E-state index contributed by atoms with van der Waals surface area (Å²) in [6, 6.07) is 2.45. The monoisotopic (exact) mass is 350 g/mol. The molecule has 0 heterocycles. The van der Waals surface area contributed by atoms with Crippen molar-refractivity contribution in [2.75, 3.05) is 18.8 Å². The van der Waals surface area contributed by atoms with Crippen molar-refractivity contribution in [1.82, 2.24) is 4.31 Å². The van der Waals surface area contributed by atoms with E-state index in [-0.39, 0.29) is 16.7 Å². The molecule has 0 amide bonds. The Morgan fingerprint density at radius 2 is 2.16 bits per heavy atom. The summed E-state index contributed by atoms with van der Waals surface area (Å²) in [5, 5.41) is 0. The lowest BCUT2D eigenvalue weighted by Crippen LogP contribution is -2.32. The third-order valence-corrected chi connectivity index (χ3v) is 4.88. The van der Waals surface area contributed by atoms with Crippen LogP contribution in [0.2, 0.25) is 0 Å². The van der Waals surface area contributed by atoms with Gasteiger partial charge < -0.3 is 5.73 Å². The smallest absolute Gasteiger partial charge is 0.246 e. The molecule has 4 nitrogen and oxygen atoms in total. The van der Waals surface area contributed by atoms with E-state index in [1.807, 2.05) is 6.92 Å². The molecule has 0 aromatic heterocycles. The highest BCUT2D eigenvalue weighted by Crippen LogP contribution is 2.28. The lowest BCUT2D eigenvalue weighted by Gasteiger charge is -2.20. The van der Waals surface area contributed by atoms with Gasteiger partial charge in [-0.25, -0.2) is 12.8 Å². The first kappa shape index (κ1) is 16.1. The first-order valence-electron chi connectivity index (χ1n) is 5.70. The molecule has 0 spiro atoms. The van der Waals surface area contributed by atoms with Crippen LogP contribution < -0.4 is 5.73 Å². The predicted molar refractivity (Wildman–Crippen MR) is 77.8 cm³/mol. The molecular formula is C12H16BrFN2O2S. The number of nitrogen functional groups attached to an aromatic ring is 1. The number of hydrogen-bond acceptors (Lipinski definition) is 3. The predicted octanol–water partition coefficient (Wildman–Crippen LogP) is 2.76. The van der Waals surface area contributed by atoms with E-state index >= 15 is 0 Å². The van der Waals surface area contributed by atoms with Crippen molar-refractivity contribution in [3.63, 3.8) is 0 Å². The van der Waals surface area contributed by atoms with Gasteiger partial charge in [-0.15, -0.1) is 6.58 Å². The maximum absolute atomic E-state index is 14.0. The molecule has 0 radical (unpaired) electrons. The van der Waals surface area contributed by atoms with Crippen LogP contribution in [0.5, 0.6) is 0 Å². The van der Waals surface area contributed by atoms with Gasteiger partial charge in [0, 0.05) is 18.8 Å². The normalized spacial score (nSPS) is 11.8. The Bertz CT molecular complexity index is 575. The number of anilines is 1. The molecule has 2 N–H and O–H groups in total. The van der Waals surface area contributed by atoms with Gasteiger partial charge in [-0.05, 0) is 34.5 Å². The maximum Gasteiger partial charge on any atom is 0.246 e. The minimum atomic E-state index is -3.92. The maximum atomic E-state index is 14.0. The standard InChI is InChI=1S/C12H16BrFN2O2S/c1-3-5-16(6-4-2)19(17,18)11-8-9(15)7-10(13)12(11)14/h3,7-8H,1,4-6,15H2,2H3. The van der Waals surface area contributed by atoms with E-state index in [0.717, 1.165) is 6.07 Å². The third-order valence-electron chi connectivity index (χ3n) is 2.44. The van der Waals surface area contributed by atoms with Gasteiger partial charge in [-0.1, -0.05) is 13.0 Å². The summed E-state index contributed by atoms with van der Waals surface area (Å²) < 4.78 is 40.0. The van der Waals surface area contributed by atoms with Gasteiger partial charge in [0.05, 0.1) is 4.47 Å². The minimum Gasteiger partial charge on any atom is -0.399 e. The van der Waals surface area contributed by atoms with Crippen LogP contribution in [0.15, 0.2) is 34.2 Å². The number of hydrogen-bond donors (Lipinski definition) is 1. The van der Waals surface area contributed by atoms with E-state index in [9.17, 15) is 12.8 Å². The number of nitrogens with zero attached hydrogens (tertiary/aromatic N) is 1. The number of halogens is 2. The molecular weight excluding hydrogens is 335 g/mol. The molecule has 19 heavy (non-hydrogen) atoms. The second-order valence-corrected chi connectivity index (χ2v) is 6.73. The summed E-state index contributed by atoms with van der Waals surface area (Å²) in [4.78, 5) is -0.422. The molecule has 7 heteroatoms. The zero-order valence-electron chi connectivity index (χ0n) is 10.6. The number of sulfonamides is 1. The minimum absolute atomic E-state index is 0.0288. The lowest BCUT2D eigenvalue weighted by atomic mass is 10.3. The summed E-state index contributed by atoms with van der Waals surface area (Å²) >= 11 is 2.96. The lowest BCUT2D eigenvalue weighted by molar-refractivity contribution is 0.436. The van der Waals surface area contributed by atoms with Crippen molar-refractivity contribution in [1.29, 1.82) is 0 Å². The zero-order chi connectivity index (χ0) is 14.6. The third kappa shape index (κ3) is 3.55. The van der Waals surface area contributed by atoms with Crippen LogP contribution >= 0.6 is 15.9 Å². The van der Waals surface area contributed by atoms with Crippen molar-refractivity contribution in [2.24, 2.45) is 0 Å². The number of rotatable bonds is 6. The molecule has 0 saturated heterocycles. The molecule has 0 aliphatic heterocycles.